The monoisotopic (exact) mass is 373 g/mol. The SMILES string of the molecule is COc1c(Cl)cc(C(=O)N2CC[C@]3(OC)CCC(O)CC23)cc1Cl. The van der Waals surface area contributed by atoms with Crippen LogP contribution in [0.25, 0.3) is 0 Å². The maximum atomic E-state index is 13.0. The normalized spacial score (nSPS) is 29.5. The summed E-state index contributed by atoms with van der Waals surface area (Å²) in [6, 6.07) is 3.00. The molecule has 132 valence electrons. The van der Waals surface area contributed by atoms with Gasteiger partial charge >= 0.3 is 0 Å². The van der Waals surface area contributed by atoms with Crippen molar-refractivity contribution in [2.75, 3.05) is 20.8 Å². The second kappa shape index (κ2) is 6.71. The van der Waals surface area contributed by atoms with Gasteiger partial charge in [-0.05, 0) is 37.8 Å². The van der Waals surface area contributed by atoms with Crippen molar-refractivity contribution in [3.05, 3.63) is 27.7 Å². The number of carbonyl (C=O) groups is 1. The average molecular weight is 374 g/mol. The van der Waals surface area contributed by atoms with Crippen LogP contribution in [0.15, 0.2) is 12.1 Å². The van der Waals surface area contributed by atoms with E-state index in [1.165, 1.54) is 7.11 Å². The summed E-state index contributed by atoms with van der Waals surface area (Å²) in [5.41, 5.74) is 0.0485. The number of amides is 1. The Balaban J connectivity index is 1.90. The van der Waals surface area contributed by atoms with Gasteiger partial charge in [0.25, 0.3) is 5.91 Å². The largest absolute Gasteiger partial charge is 0.494 e. The highest BCUT2D eigenvalue weighted by atomic mass is 35.5. The van der Waals surface area contributed by atoms with Crippen LogP contribution in [0, 0.1) is 0 Å². The molecule has 1 N–H and O–H groups in total. The number of carbonyl (C=O) groups excluding carboxylic acids is 1. The second-order valence-electron chi connectivity index (χ2n) is 6.43. The number of likely N-dealkylation sites (tertiary alicyclic amines) is 1. The summed E-state index contributed by atoms with van der Waals surface area (Å²) in [5, 5.41) is 10.6. The Hall–Kier alpha value is -1.01. The van der Waals surface area contributed by atoms with Crippen LogP contribution >= 0.6 is 23.2 Å². The quantitative estimate of drug-likeness (QED) is 0.883. The van der Waals surface area contributed by atoms with E-state index in [1.54, 1.807) is 24.1 Å². The Labute approximate surface area is 151 Å². The molecule has 0 spiro atoms. The van der Waals surface area contributed by atoms with Crippen LogP contribution in [0.4, 0.5) is 0 Å². The van der Waals surface area contributed by atoms with Gasteiger partial charge in [-0.25, -0.2) is 0 Å². The number of nitrogens with zero attached hydrogens (tertiary/aromatic N) is 1. The minimum Gasteiger partial charge on any atom is -0.494 e. The van der Waals surface area contributed by atoms with Gasteiger partial charge in [0, 0.05) is 19.2 Å². The van der Waals surface area contributed by atoms with E-state index in [9.17, 15) is 9.90 Å². The van der Waals surface area contributed by atoms with E-state index >= 15 is 0 Å². The van der Waals surface area contributed by atoms with Gasteiger partial charge in [0.05, 0.1) is 34.9 Å². The van der Waals surface area contributed by atoms with E-state index in [0.29, 0.717) is 40.7 Å². The minimum atomic E-state index is -0.408. The van der Waals surface area contributed by atoms with Gasteiger partial charge in [-0.15, -0.1) is 0 Å². The Kier molecular flexibility index (Phi) is 4.98. The summed E-state index contributed by atoms with van der Waals surface area (Å²) >= 11 is 12.3. The molecule has 1 aliphatic carbocycles. The van der Waals surface area contributed by atoms with Crippen molar-refractivity contribution in [2.24, 2.45) is 0 Å². The molecule has 2 unspecified atom stereocenters. The van der Waals surface area contributed by atoms with Gasteiger partial charge in [-0.1, -0.05) is 23.2 Å². The van der Waals surface area contributed by atoms with Crippen LogP contribution in [0.3, 0.4) is 0 Å². The van der Waals surface area contributed by atoms with E-state index < -0.39 is 6.10 Å². The molecule has 1 aliphatic heterocycles. The first-order chi connectivity index (χ1) is 11.4. The van der Waals surface area contributed by atoms with Crippen molar-refractivity contribution in [1.29, 1.82) is 0 Å². The molecule has 3 atom stereocenters. The molecule has 2 fully saturated rings. The summed E-state index contributed by atoms with van der Waals surface area (Å²) < 4.78 is 10.9. The highest BCUT2D eigenvalue weighted by Crippen LogP contribution is 2.43. The molecule has 5 nitrogen and oxygen atoms in total. The van der Waals surface area contributed by atoms with Crippen molar-refractivity contribution in [3.63, 3.8) is 0 Å². The average Bonchev–Trinajstić information content (AvgIpc) is 2.93. The Morgan fingerprint density at radius 1 is 1.29 bits per heavy atom. The topological polar surface area (TPSA) is 59.0 Å². The third-order valence-electron chi connectivity index (χ3n) is 5.27. The summed E-state index contributed by atoms with van der Waals surface area (Å²) in [4.78, 5) is 14.8. The lowest BCUT2D eigenvalue weighted by Gasteiger charge is -2.42. The third-order valence-corrected chi connectivity index (χ3v) is 5.83. The maximum absolute atomic E-state index is 13.0. The Morgan fingerprint density at radius 2 is 1.96 bits per heavy atom. The summed E-state index contributed by atoms with van der Waals surface area (Å²) in [7, 11) is 3.16. The summed E-state index contributed by atoms with van der Waals surface area (Å²) in [5.74, 6) is 0.204. The first-order valence-corrected chi connectivity index (χ1v) is 8.74. The summed E-state index contributed by atoms with van der Waals surface area (Å²) in [6.07, 6.45) is 2.34. The molecule has 0 bridgehead atoms. The van der Waals surface area contributed by atoms with Crippen molar-refractivity contribution in [2.45, 2.75) is 43.4 Å². The van der Waals surface area contributed by atoms with Gasteiger partial charge in [-0.2, -0.15) is 0 Å². The predicted octanol–water partition coefficient (Wildman–Crippen LogP) is 3.15. The number of hydrogen-bond acceptors (Lipinski definition) is 4. The van der Waals surface area contributed by atoms with Crippen LogP contribution in [0.2, 0.25) is 10.0 Å². The number of ether oxygens (including phenoxy) is 2. The van der Waals surface area contributed by atoms with E-state index in [4.69, 9.17) is 32.7 Å². The lowest BCUT2D eigenvalue weighted by atomic mass is 9.79. The fourth-order valence-electron chi connectivity index (χ4n) is 3.96. The molecule has 1 aromatic carbocycles. The van der Waals surface area contributed by atoms with Gasteiger partial charge in [0.1, 0.15) is 0 Å². The van der Waals surface area contributed by atoms with Crippen LogP contribution < -0.4 is 4.74 Å². The number of aliphatic hydroxyl groups excluding tert-OH is 1. The van der Waals surface area contributed by atoms with Crippen molar-refractivity contribution in [1.82, 2.24) is 4.90 Å². The first kappa shape index (κ1) is 17.8. The zero-order chi connectivity index (χ0) is 17.5. The number of benzene rings is 1. The van der Waals surface area contributed by atoms with Crippen LogP contribution in [0.5, 0.6) is 5.75 Å². The molecular weight excluding hydrogens is 353 g/mol. The number of fused-ring (bicyclic) bond motifs is 1. The minimum absolute atomic E-state index is 0.140. The van der Waals surface area contributed by atoms with E-state index in [-0.39, 0.29) is 17.6 Å². The lowest BCUT2D eigenvalue weighted by Crippen LogP contribution is -2.52. The van der Waals surface area contributed by atoms with Crippen molar-refractivity contribution in [3.8, 4) is 5.75 Å². The second-order valence-corrected chi connectivity index (χ2v) is 7.25. The smallest absolute Gasteiger partial charge is 0.254 e. The van der Waals surface area contributed by atoms with Gasteiger partial charge in [0.15, 0.2) is 5.75 Å². The van der Waals surface area contributed by atoms with Gasteiger partial charge in [-0.3, -0.25) is 4.79 Å². The van der Waals surface area contributed by atoms with E-state index in [2.05, 4.69) is 0 Å². The Bertz CT molecular complexity index is 630. The van der Waals surface area contributed by atoms with Gasteiger partial charge in [0.2, 0.25) is 0 Å². The molecular formula is C17H21Cl2NO4. The van der Waals surface area contributed by atoms with E-state index in [1.807, 2.05) is 0 Å². The fourth-order valence-corrected chi connectivity index (χ4v) is 4.61. The molecule has 0 radical (unpaired) electrons. The van der Waals surface area contributed by atoms with Crippen molar-refractivity contribution >= 4 is 29.1 Å². The molecule has 1 aromatic rings. The highest BCUT2D eigenvalue weighted by molar-refractivity contribution is 6.37. The predicted molar refractivity (Wildman–Crippen MR) is 92.1 cm³/mol. The number of rotatable bonds is 3. The number of aliphatic hydroxyl groups is 1. The standard InChI is InChI=1S/C17H21Cl2NO4/c1-23-15-12(18)7-10(8-13(15)19)16(22)20-6-5-17(24-2)4-3-11(21)9-14(17)20/h7-8,11,14,21H,3-6,9H2,1-2H3/t11?,14?,17-/m1/s1. The molecule has 0 aromatic heterocycles. The number of methoxy groups -OCH3 is 2. The molecule has 1 amide bonds. The van der Waals surface area contributed by atoms with Crippen LogP contribution in [-0.4, -0.2) is 54.4 Å². The lowest BCUT2D eigenvalue weighted by molar-refractivity contribution is -0.0824. The Morgan fingerprint density at radius 3 is 2.54 bits per heavy atom. The first-order valence-electron chi connectivity index (χ1n) is 7.99. The molecule has 24 heavy (non-hydrogen) atoms. The maximum Gasteiger partial charge on any atom is 0.254 e. The summed E-state index contributed by atoms with van der Waals surface area (Å²) in [6.45, 7) is 0.589. The number of halogens is 2. The van der Waals surface area contributed by atoms with Crippen LogP contribution in [-0.2, 0) is 4.74 Å². The molecule has 1 saturated carbocycles. The van der Waals surface area contributed by atoms with Crippen molar-refractivity contribution < 1.29 is 19.4 Å². The molecule has 1 heterocycles. The van der Waals surface area contributed by atoms with Gasteiger partial charge < -0.3 is 19.5 Å². The highest BCUT2D eigenvalue weighted by Gasteiger charge is 2.52. The molecule has 7 heteroatoms. The molecule has 2 aliphatic rings. The third kappa shape index (κ3) is 2.88. The zero-order valence-electron chi connectivity index (χ0n) is 13.7. The zero-order valence-corrected chi connectivity index (χ0v) is 15.2. The molecule has 3 rings (SSSR count). The molecule has 1 saturated heterocycles. The number of hydrogen-bond donors (Lipinski definition) is 1. The van der Waals surface area contributed by atoms with E-state index in [0.717, 1.165) is 12.8 Å². The van der Waals surface area contributed by atoms with Crippen LogP contribution in [0.1, 0.15) is 36.0 Å². The fraction of sp³-hybridized carbons (Fsp3) is 0.588.